The highest BCUT2D eigenvalue weighted by molar-refractivity contribution is 9.10. The van der Waals surface area contributed by atoms with Crippen LogP contribution in [0.4, 0.5) is 0 Å². The number of Topliss-reactive ketones (excluding diaryl/α,β-unsaturated/α-hetero) is 1. The number of alkyl halides is 1. The van der Waals surface area contributed by atoms with Crippen molar-refractivity contribution in [3.63, 3.8) is 0 Å². The van der Waals surface area contributed by atoms with E-state index in [-0.39, 0.29) is 33.6 Å². The summed E-state index contributed by atoms with van der Waals surface area (Å²) in [6, 6.07) is 21.3. The maximum Gasteiger partial charge on any atom is 0.302 e. The topological polar surface area (TPSA) is 43.4 Å². The summed E-state index contributed by atoms with van der Waals surface area (Å²) >= 11 is 4.06. The Labute approximate surface area is 260 Å². The second-order valence-corrected chi connectivity index (χ2v) is 14.9. The van der Waals surface area contributed by atoms with E-state index >= 15 is 0 Å². The van der Waals surface area contributed by atoms with Crippen molar-refractivity contribution in [1.82, 2.24) is 0 Å². The van der Waals surface area contributed by atoms with Gasteiger partial charge in [0, 0.05) is 12.8 Å². The molecular weight excluding hydrogens is 584 g/mol. The van der Waals surface area contributed by atoms with Crippen LogP contribution in [0.15, 0.2) is 78.4 Å². The average Bonchev–Trinajstić information content (AvgIpc) is 3.35. The molecule has 0 amide bonds. The monoisotopic (exact) mass is 628 g/mol. The molecule has 2 aromatic carbocycles. The summed E-state index contributed by atoms with van der Waals surface area (Å²) in [4.78, 5) is 26.0. The van der Waals surface area contributed by atoms with Crippen molar-refractivity contribution in [3.8, 4) is 0 Å². The third-order valence-corrected chi connectivity index (χ3v) is 13.4. The van der Waals surface area contributed by atoms with Gasteiger partial charge in [0.2, 0.25) is 0 Å². The Hall–Kier alpha value is -2.46. The van der Waals surface area contributed by atoms with Crippen LogP contribution in [0.1, 0.15) is 83.8 Å². The number of hydrogen-bond donors (Lipinski definition) is 0. The van der Waals surface area contributed by atoms with Crippen LogP contribution in [0.25, 0.3) is 5.57 Å². The van der Waals surface area contributed by atoms with E-state index in [9.17, 15) is 9.59 Å². The average molecular weight is 630 g/mol. The van der Waals surface area contributed by atoms with Crippen molar-refractivity contribution >= 4 is 33.3 Å². The second-order valence-electron chi connectivity index (χ2n) is 14.0. The molecule has 4 saturated carbocycles. The Morgan fingerprint density at radius 1 is 0.881 bits per heavy atom. The first-order valence-electron chi connectivity index (χ1n) is 16.0. The highest BCUT2D eigenvalue weighted by Crippen LogP contribution is 2.68. The molecule has 4 aliphatic rings. The van der Waals surface area contributed by atoms with Crippen molar-refractivity contribution in [2.24, 2.45) is 40.4 Å². The number of benzene rings is 2. The molecule has 0 saturated heterocycles. The Morgan fingerprint density at radius 3 is 2.14 bits per heavy atom. The van der Waals surface area contributed by atoms with Gasteiger partial charge >= 0.3 is 5.97 Å². The second kappa shape index (κ2) is 11.6. The molecule has 9 atom stereocenters. The number of halogens is 1. The number of esters is 1. The summed E-state index contributed by atoms with van der Waals surface area (Å²) in [6.07, 6.45) is 12.0. The maximum atomic E-state index is 14.5. The van der Waals surface area contributed by atoms with E-state index in [1.807, 2.05) is 0 Å². The number of rotatable bonds is 5. The first-order valence-corrected chi connectivity index (χ1v) is 16.9. The summed E-state index contributed by atoms with van der Waals surface area (Å²) in [5.41, 5.74) is 4.93. The van der Waals surface area contributed by atoms with E-state index in [0.29, 0.717) is 29.5 Å². The lowest BCUT2D eigenvalue weighted by atomic mass is 9.44. The van der Waals surface area contributed by atoms with Crippen molar-refractivity contribution in [3.05, 3.63) is 89.5 Å². The molecule has 222 valence electrons. The minimum absolute atomic E-state index is 0.00399. The quantitative estimate of drug-likeness (QED) is 0.188. The molecule has 0 bridgehead atoms. The number of ether oxygens (including phenoxy) is 1. The molecular formula is C38H45BrO3. The van der Waals surface area contributed by atoms with Gasteiger partial charge in [-0.2, -0.15) is 0 Å². The van der Waals surface area contributed by atoms with Gasteiger partial charge in [0.25, 0.3) is 0 Å². The summed E-state index contributed by atoms with van der Waals surface area (Å²) in [7, 11) is 0. The number of ketones is 1. The predicted octanol–water partition coefficient (Wildman–Crippen LogP) is 9.21. The molecule has 0 radical (unpaired) electrons. The Bertz CT molecular complexity index is 1340. The van der Waals surface area contributed by atoms with Crippen LogP contribution in [0.3, 0.4) is 0 Å². The number of allylic oxidation sites excluding steroid dienone is 3. The van der Waals surface area contributed by atoms with Crippen molar-refractivity contribution in [1.29, 1.82) is 0 Å². The van der Waals surface area contributed by atoms with Gasteiger partial charge in [-0.05, 0) is 103 Å². The fraction of sp³-hybridized carbons (Fsp3) is 0.526. The summed E-state index contributed by atoms with van der Waals surface area (Å²) in [6.45, 7) is 8.59. The lowest BCUT2D eigenvalue weighted by Gasteiger charge is -2.61. The van der Waals surface area contributed by atoms with E-state index in [0.717, 1.165) is 38.5 Å². The molecule has 4 fully saturated rings. The molecule has 42 heavy (non-hydrogen) atoms. The number of carbonyl (C=O) groups is 2. The van der Waals surface area contributed by atoms with Gasteiger partial charge in [-0.15, -0.1) is 0 Å². The van der Waals surface area contributed by atoms with Crippen LogP contribution in [-0.4, -0.2) is 22.7 Å². The lowest BCUT2D eigenvalue weighted by Crippen LogP contribution is -2.62. The van der Waals surface area contributed by atoms with E-state index in [4.69, 9.17) is 4.74 Å². The number of hydrogen-bond acceptors (Lipinski definition) is 3. The zero-order chi connectivity index (χ0) is 29.6. The van der Waals surface area contributed by atoms with E-state index in [2.05, 4.69) is 110 Å². The zero-order valence-corrected chi connectivity index (χ0v) is 27.1. The van der Waals surface area contributed by atoms with Gasteiger partial charge in [-0.25, -0.2) is 0 Å². The van der Waals surface area contributed by atoms with Crippen LogP contribution >= 0.6 is 15.9 Å². The van der Waals surface area contributed by atoms with Gasteiger partial charge in [-0.1, -0.05) is 108 Å². The first kappa shape index (κ1) is 29.6. The summed E-state index contributed by atoms with van der Waals surface area (Å²) in [5, 5.41) is 0. The normalized spacial score (nSPS) is 37.7. The van der Waals surface area contributed by atoms with E-state index in [1.165, 1.54) is 35.6 Å². The third kappa shape index (κ3) is 4.96. The third-order valence-electron chi connectivity index (χ3n) is 12.0. The molecule has 3 nitrogen and oxygen atoms in total. The highest BCUT2D eigenvalue weighted by atomic mass is 79.9. The Kier molecular flexibility index (Phi) is 8.15. The predicted molar refractivity (Wildman–Crippen MR) is 173 cm³/mol. The number of fused-ring (bicyclic) bond motifs is 5. The largest absolute Gasteiger partial charge is 0.463 e. The standard InChI is InChI=1S/C38H45BrO3/c1-24(15-17-30(26-11-7-5-8-12-26)27-13-9-6-10-14-27)32-19-20-33-31-18-16-28-23-29(42-25(2)40)21-22-37(28,3)34(31)35(41)36(39)38(32,33)4/h5-15,17,28-29,31-34,36H,16,18-23H2,1-4H3/b24-15-/t28-,29+,31+,32-,33+,34-,36+,37+,38-/m1/s1. The van der Waals surface area contributed by atoms with E-state index in [1.54, 1.807) is 0 Å². The molecule has 0 N–H and O–H groups in total. The van der Waals surface area contributed by atoms with Crippen LogP contribution in [-0.2, 0) is 14.3 Å². The van der Waals surface area contributed by atoms with E-state index < -0.39 is 0 Å². The minimum Gasteiger partial charge on any atom is -0.463 e. The minimum atomic E-state index is -0.183. The highest BCUT2D eigenvalue weighted by Gasteiger charge is 2.66. The van der Waals surface area contributed by atoms with Gasteiger partial charge < -0.3 is 4.74 Å². The smallest absolute Gasteiger partial charge is 0.302 e. The maximum absolute atomic E-state index is 14.5. The molecule has 0 heterocycles. The molecule has 0 unspecified atom stereocenters. The zero-order valence-electron chi connectivity index (χ0n) is 25.5. The van der Waals surface area contributed by atoms with Crippen LogP contribution < -0.4 is 0 Å². The van der Waals surface area contributed by atoms with Gasteiger partial charge in [0.15, 0.2) is 5.78 Å². The van der Waals surface area contributed by atoms with Crippen molar-refractivity contribution < 1.29 is 14.3 Å². The molecule has 4 aliphatic carbocycles. The van der Waals surface area contributed by atoms with Crippen LogP contribution in [0, 0.1) is 40.4 Å². The van der Waals surface area contributed by atoms with Gasteiger partial charge in [0.1, 0.15) is 6.10 Å². The fourth-order valence-electron chi connectivity index (χ4n) is 9.97. The molecule has 6 rings (SSSR count). The summed E-state index contributed by atoms with van der Waals surface area (Å²) < 4.78 is 5.65. The van der Waals surface area contributed by atoms with Crippen molar-refractivity contribution in [2.45, 2.75) is 83.6 Å². The van der Waals surface area contributed by atoms with Crippen LogP contribution in [0.2, 0.25) is 0 Å². The Morgan fingerprint density at radius 2 is 1.52 bits per heavy atom. The number of carbonyl (C=O) groups excluding carboxylic acids is 2. The van der Waals surface area contributed by atoms with Crippen LogP contribution in [0.5, 0.6) is 0 Å². The molecule has 0 spiro atoms. The molecule has 2 aromatic rings. The lowest BCUT2D eigenvalue weighted by molar-refractivity contribution is -0.167. The van der Waals surface area contributed by atoms with Gasteiger partial charge in [0.05, 0.1) is 4.83 Å². The molecule has 0 aliphatic heterocycles. The first-order chi connectivity index (χ1) is 20.1. The fourth-order valence-corrected chi connectivity index (χ4v) is 10.9. The Balaban J connectivity index is 1.29. The summed E-state index contributed by atoms with van der Waals surface area (Å²) in [5.74, 6) is 2.14. The van der Waals surface area contributed by atoms with Crippen molar-refractivity contribution in [2.75, 3.05) is 0 Å². The molecule has 4 heteroatoms. The SMILES string of the molecule is CC(=O)O[C@H]1CC[C@@]2(C)[C@H](CC[C@@H]3[C@@H]2C(=O)[C@H](Br)[C@]2(C)[C@@H](/C(C)=C\C=C(c4ccccc4)c4ccccc4)CC[C@@H]32)C1. The molecule has 0 aromatic heterocycles. The van der Waals surface area contributed by atoms with Gasteiger partial charge in [-0.3, -0.25) is 9.59 Å².